The van der Waals surface area contributed by atoms with Gasteiger partial charge in [-0.25, -0.2) is 0 Å². The molecule has 0 spiro atoms. The molecule has 1 amide bonds. The number of hydrogen-bond donors (Lipinski definition) is 1. The molecule has 3 rings (SSSR count). The zero-order valence-corrected chi connectivity index (χ0v) is 10.7. The fourth-order valence-corrected chi connectivity index (χ4v) is 3.93. The van der Waals surface area contributed by atoms with Crippen LogP contribution in [-0.4, -0.2) is 61.0 Å². The van der Waals surface area contributed by atoms with Gasteiger partial charge in [-0.15, -0.1) is 0 Å². The molecular formula is C13H23N3O. The van der Waals surface area contributed by atoms with Crippen molar-refractivity contribution in [2.24, 2.45) is 5.92 Å². The quantitative estimate of drug-likeness (QED) is 0.766. The van der Waals surface area contributed by atoms with Crippen LogP contribution in [0.4, 0.5) is 0 Å². The molecule has 17 heavy (non-hydrogen) atoms. The van der Waals surface area contributed by atoms with E-state index in [1.165, 1.54) is 32.4 Å². The third-order valence-corrected chi connectivity index (χ3v) is 4.73. The Hall–Kier alpha value is -0.610. The monoisotopic (exact) mass is 237 g/mol. The highest BCUT2D eigenvalue weighted by atomic mass is 16.2. The van der Waals surface area contributed by atoms with Crippen LogP contribution in [0.15, 0.2) is 0 Å². The van der Waals surface area contributed by atoms with Crippen LogP contribution in [0.3, 0.4) is 0 Å². The maximum Gasteiger partial charge on any atom is 0.224 e. The number of nitrogens with zero attached hydrogens (tertiary/aromatic N) is 2. The van der Waals surface area contributed by atoms with Crippen molar-refractivity contribution in [2.75, 3.05) is 33.2 Å². The molecule has 1 N–H and O–H groups in total. The molecule has 4 heteroatoms. The number of carbonyl (C=O) groups is 1. The van der Waals surface area contributed by atoms with Crippen molar-refractivity contribution in [3.05, 3.63) is 0 Å². The molecule has 3 aliphatic heterocycles. The second-order valence-electron chi connectivity index (χ2n) is 5.78. The highest BCUT2D eigenvalue weighted by Gasteiger charge is 2.46. The summed E-state index contributed by atoms with van der Waals surface area (Å²) >= 11 is 0. The molecule has 3 fully saturated rings. The molecule has 0 aliphatic carbocycles. The van der Waals surface area contributed by atoms with Gasteiger partial charge in [0.1, 0.15) is 0 Å². The summed E-state index contributed by atoms with van der Waals surface area (Å²) in [7, 11) is 2.03. The molecule has 3 unspecified atom stereocenters. The normalized spacial score (nSPS) is 38.1. The van der Waals surface area contributed by atoms with Crippen LogP contribution >= 0.6 is 0 Å². The number of rotatable bonds is 3. The van der Waals surface area contributed by atoms with Crippen LogP contribution in [0, 0.1) is 5.92 Å². The Morgan fingerprint density at radius 2 is 2.18 bits per heavy atom. The summed E-state index contributed by atoms with van der Waals surface area (Å²) in [6, 6.07) is 1.06. The third-order valence-electron chi connectivity index (χ3n) is 4.73. The smallest absolute Gasteiger partial charge is 0.224 e. The molecule has 0 aromatic carbocycles. The van der Waals surface area contributed by atoms with Gasteiger partial charge in [-0.1, -0.05) is 0 Å². The Morgan fingerprint density at radius 3 is 3.00 bits per heavy atom. The summed E-state index contributed by atoms with van der Waals surface area (Å²) in [5, 5.41) is 3.27. The fourth-order valence-electron chi connectivity index (χ4n) is 3.93. The average Bonchev–Trinajstić information content (AvgIpc) is 2.97. The lowest BCUT2D eigenvalue weighted by Crippen LogP contribution is -2.42. The molecule has 3 saturated heterocycles. The van der Waals surface area contributed by atoms with Gasteiger partial charge < -0.3 is 10.2 Å². The van der Waals surface area contributed by atoms with E-state index < -0.39 is 0 Å². The summed E-state index contributed by atoms with van der Waals surface area (Å²) in [4.78, 5) is 16.6. The summed E-state index contributed by atoms with van der Waals surface area (Å²) in [6.45, 7) is 4.50. The Labute approximate surface area is 103 Å². The molecule has 4 nitrogen and oxygen atoms in total. The summed E-state index contributed by atoms with van der Waals surface area (Å²) in [5.74, 6) is 1.18. The van der Waals surface area contributed by atoms with E-state index in [1.54, 1.807) is 0 Å². The van der Waals surface area contributed by atoms with Gasteiger partial charge in [-0.3, -0.25) is 9.69 Å². The van der Waals surface area contributed by atoms with E-state index in [2.05, 4.69) is 15.1 Å². The molecule has 0 aromatic rings. The van der Waals surface area contributed by atoms with Gasteiger partial charge in [0.15, 0.2) is 0 Å². The van der Waals surface area contributed by atoms with Crippen molar-refractivity contribution < 1.29 is 4.79 Å². The Morgan fingerprint density at radius 1 is 1.29 bits per heavy atom. The molecule has 3 atom stereocenters. The number of amides is 1. The van der Waals surface area contributed by atoms with Crippen LogP contribution in [0.25, 0.3) is 0 Å². The number of likely N-dealkylation sites (tertiary alicyclic amines) is 1. The van der Waals surface area contributed by atoms with Crippen molar-refractivity contribution >= 4 is 5.91 Å². The number of carbonyl (C=O) groups excluding carboxylic acids is 1. The summed E-state index contributed by atoms with van der Waals surface area (Å²) < 4.78 is 0. The first-order valence-corrected chi connectivity index (χ1v) is 6.97. The first-order valence-electron chi connectivity index (χ1n) is 6.97. The van der Waals surface area contributed by atoms with Gasteiger partial charge in [0, 0.05) is 31.6 Å². The number of nitrogens with one attached hydrogen (secondary N) is 1. The largest absolute Gasteiger partial charge is 0.338 e. The van der Waals surface area contributed by atoms with Crippen LogP contribution in [0.5, 0.6) is 0 Å². The van der Waals surface area contributed by atoms with E-state index in [0.29, 0.717) is 18.0 Å². The molecular weight excluding hydrogens is 214 g/mol. The van der Waals surface area contributed by atoms with Gasteiger partial charge in [0.25, 0.3) is 0 Å². The van der Waals surface area contributed by atoms with Crippen molar-refractivity contribution in [1.82, 2.24) is 15.1 Å². The molecule has 0 saturated carbocycles. The number of hydrogen-bond acceptors (Lipinski definition) is 3. The fraction of sp³-hybridized carbons (Fsp3) is 0.923. The second-order valence-corrected chi connectivity index (χ2v) is 5.78. The van der Waals surface area contributed by atoms with E-state index in [-0.39, 0.29) is 0 Å². The van der Waals surface area contributed by atoms with E-state index in [1.807, 2.05) is 7.05 Å². The lowest BCUT2D eigenvalue weighted by Gasteiger charge is -2.28. The Kier molecular flexibility index (Phi) is 3.09. The third kappa shape index (κ3) is 1.97. The Bertz CT molecular complexity index is 307. The lowest BCUT2D eigenvalue weighted by atomic mass is 10.0. The van der Waals surface area contributed by atoms with Crippen LogP contribution < -0.4 is 5.32 Å². The van der Waals surface area contributed by atoms with Crippen molar-refractivity contribution in [3.8, 4) is 0 Å². The van der Waals surface area contributed by atoms with E-state index >= 15 is 0 Å². The first kappa shape index (κ1) is 11.5. The minimum absolute atomic E-state index is 0.398. The summed E-state index contributed by atoms with van der Waals surface area (Å²) in [6.07, 6.45) is 4.50. The SMILES string of the molecule is CNCC1CCN(C2CC(=O)N3CCCC23)C1. The van der Waals surface area contributed by atoms with E-state index in [9.17, 15) is 4.79 Å². The van der Waals surface area contributed by atoms with Gasteiger partial charge >= 0.3 is 0 Å². The highest BCUT2D eigenvalue weighted by molar-refractivity contribution is 5.80. The molecule has 3 aliphatic rings. The average molecular weight is 237 g/mol. The van der Waals surface area contributed by atoms with Gasteiger partial charge in [0.2, 0.25) is 5.91 Å². The van der Waals surface area contributed by atoms with Crippen LogP contribution in [-0.2, 0) is 4.79 Å². The van der Waals surface area contributed by atoms with Crippen LogP contribution in [0.2, 0.25) is 0 Å². The molecule has 0 bridgehead atoms. The summed E-state index contributed by atoms with van der Waals surface area (Å²) in [5.41, 5.74) is 0. The molecule has 96 valence electrons. The van der Waals surface area contributed by atoms with Gasteiger partial charge in [-0.05, 0) is 45.3 Å². The molecule has 0 radical (unpaired) electrons. The zero-order valence-electron chi connectivity index (χ0n) is 10.7. The lowest BCUT2D eigenvalue weighted by molar-refractivity contribution is -0.127. The molecule has 0 aromatic heterocycles. The number of fused-ring (bicyclic) bond motifs is 1. The minimum Gasteiger partial charge on any atom is -0.338 e. The standard InChI is InChI=1S/C13H23N3O/c1-14-8-10-4-6-15(9-10)12-7-13(17)16-5-2-3-11(12)16/h10-12,14H,2-9H2,1H3. The predicted molar refractivity (Wildman–Crippen MR) is 66.7 cm³/mol. The predicted octanol–water partition coefficient (Wildman–Crippen LogP) is 0.291. The van der Waals surface area contributed by atoms with Crippen molar-refractivity contribution in [1.29, 1.82) is 0 Å². The highest BCUT2D eigenvalue weighted by Crippen LogP contribution is 2.34. The van der Waals surface area contributed by atoms with Gasteiger partial charge in [0.05, 0.1) is 0 Å². The zero-order chi connectivity index (χ0) is 11.8. The van der Waals surface area contributed by atoms with Crippen molar-refractivity contribution in [3.63, 3.8) is 0 Å². The maximum absolute atomic E-state index is 11.9. The maximum atomic E-state index is 11.9. The van der Waals surface area contributed by atoms with E-state index in [4.69, 9.17) is 0 Å². The van der Waals surface area contributed by atoms with E-state index in [0.717, 1.165) is 25.4 Å². The van der Waals surface area contributed by atoms with Crippen LogP contribution in [0.1, 0.15) is 25.7 Å². The topological polar surface area (TPSA) is 35.6 Å². The minimum atomic E-state index is 0.398. The Balaban J connectivity index is 1.64. The van der Waals surface area contributed by atoms with Gasteiger partial charge in [-0.2, -0.15) is 0 Å². The first-order chi connectivity index (χ1) is 8.29. The van der Waals surface area contributed by atoms with Crippen molar-refractivity contribution in [2.45, 2.75) is 37.8 Å². The second kappa shape index (κ2) is 4.58. The molecule has 3 heterocycles.